The van der Waals surface area contributed by atoms with E-state index in [1.165, 1.54) is 0 Å². The molecule has 2 heterocycles. The lowest BCUT2D eigenvalue weighted by Gasteiger charge is -2.13. The Labute approximate surface area is 167 Å². The van der Waals surface area contributed by atoms with Crippen molar-refractivity contribution in [2.45, 2.75) is 12.8 Å². The zero-order chi connectivity index (χ0) is 20.2. The summed E-state index contributed by atoms with van der Waals surface area (Å²) in [5.41, 5.74) is 2.64. The summed E-state index contributed by atoms with van der Waals surface area (Å²) in [5.74, 6) is -0.890. The number of hydrogen-bond acceptors (Lipinski definition) is 4. The molecule has 0 saturated heterocycles. The van der Waals surface area contributed by atoms with Crippen molar-refractivity contribution < 1.29 is 14.4 Å². The zero-order valence-corrected chi connectivity index (χ0v) is 15.7. The molecule has 1 aromatic heterocycles. The Morgan fingerprint density at radius 1 is 0.897 bits per heavy atom. The number of aromatic nitrogens is 2. The van der Waals surface area contributed by atoms with Crippen molar-refractivity contribution in [3.05, 3.63) is 83.7 Å². The van der Waals surface area contributed by atoms with Gasteiger partial charge in [-0.1, -0.05) is 30.3 Å². The first kappa shape index (κ1) is 18.6. The Morgan fingerprint density at radius 3 is 2.24 bits per heavy atom. The van der Waals surface area contributed by atoms with E-state index in [1.54, 1.807) is 28.9 Å². The van der Waals surface area contributed by atoms with Gasteiger partial charge in [-0.25, -0.2) is 4.68 Å². The molecule has 0 radical (unpaired) electrons. The number of nitrogens with zero attached hydrogens (tertiary/aromatic N) is 3. The monoisotopic (exact) mass is 388 g/mol. The van der Waals surface area contributed by atoms with E-state index in [0.29, 0.717) is 24.1 Å². The van der Waals surface area contributed by atoms with Crippen LogP contribution in [0.1, 0.15) is 32.8 Å². The summed E-state index contributed by atoms with van der Waals surface area (Å²) in [6, 6.07) is 18.4. The van der Waals surface area contributed by atoms with Gasteiger partial charge in [-0.15, -0.1) is 0 Å². The van der Waals surface area contributed by atoms with Crippen molar-refractivity contribution in [1.29, 1.82) is 0 Å². The van der Waals surface area contributed by atoms with Gasteiger partial charge in [0.2, 0.25) is 5.91 Å². The maximum Gasteiger partial charge on any atom is 0.261 e. The Morgan fingerprint density at radius 2 is 1.55 bits per heavy atom. The van der Waals surface area contributed by atoms with Crippen molar-refractivity contribution in [3.8, 4) is 5.69 Å². The van der Waals surface area contributed by atoms with E-state index in [-0.39, 0.29) is 30.7 Å². The van der Waals surface area contributed by atoms with Gasteiger partial charge in [0.25, 0.3) is 11.8 Å². The summed E-state index contributed by atoms with van der Waals surface area (Å²) in [5, 5.41) is 7.31. The average Bonchev–Trinajstić information content (AvgIpc) is 3.31. The van der Waals surface area contributed by atoms with Crippen LogP contribution >= 0.6 is 0 Å². The number of imide groups is 1. The molecule has 0 atom stereocenters. The summed E-state index contributed by atoms with van der Waals surface area (Å²) in [4.78, 5) is 37.8. The Balaban J connectivity index is 1.24. The SMILES string of the molecule is O=C(CCN1C(=O)c2ccccc2C1=O)NCCc1ccn(-c2ccccc2)n1. The number of hydrogen-bond donors (Lipinski definition) is 1. The highest BCUT2D eigenvalue weighted by molar-refractivity contribution is 6.21. The lowest BCUT2D eigenvalue weighted by atomic mass is 10.1. The van der Waals surface area contributed by atoms with Crippen LogP contribution < -0.4 is 5.32 Å². The molecular formula is C22H20N4O3. The van der Waals surface area contributed by atoms with E-state index in [9.17, 15) is 14.4 Å². The van der Waals surface area contributed by atoms with Gasteiger partial charge in [-0.05, 0) is 30.3 Å². The summed E-state index contributed by atoms with van der Waals surface area (Å²) in [6.45, 7) is 0.508. The largest absolute Gasteiger partial charge is 0.356 e. The van der Waals surface area contributed by atoms with Gasteiger partial charge in [0.15, 0.2) is 0 Å². The van der Waals surface area contributed by atoms with Gasteiger partial charge in [0.05, 0.1) is 22.5 Å². The highest BCUT2D eigenvalue weighted by atomic mass is 16.2. The quantitative estimate of drug-likeness (QED) is 0.629. The summed E-state index contributed by atoms with van der Waals surface area (Å²) in [6.07, 6.45) is 2.55. The molecule has 0 unspecified atom stereocenters. The molecule has 0 fully saturated rings. The van der Waals surface area contributed by atoms with Crippen LogP contribution in [0.5, 0.6) is 0 Å². The van der Waals surface area contributed by atoms with Crippen LogP contribution in [0.4, 0.5) is 0 Å². The molecule has 0 bridgehead atoms. The first-order chi connectivity index (χ1) is 14.1. The minimum atomic E-state index is -0.343. The molecule has 1 N–H and O–H groups in total. The molecular weight excluding hydrogens is 368 g/mol. The number of carbonyl (C=O) groups excluding carboxylic acids is 3. The van der Waals surface area contributed by atoms with Crippen LogP contribution in [0.2, 0.25) is 0 Å². The lowest BCUT2D eigenvalue weighted by molar-refractivity contribution is -0.121. The highest BCUT2D eigenvalue weighted by Crippen LogP contribution is 2.22. The molecule has 7 heteroatoms. The Hall–Kier alpha value is -3.74. The van der Waals surface area contributed by atoms with Crippen molar-refractivity contribution in [2.24, 2.45) is 0 Å². The molecule has 0 spiro atoms. The van der Waals surface area contributed by atoms with Crippen LogP contribution in [0.25, 0.3) is 5.69 Å². The number of amides is 3. The average molecular weight is 388 g/mol. The Kier molecular flexibility index (Phi) is 5.20. The summed E-state index contributed by atoms with van der Waals surface area (Å²) >= 11 is 0. The molecule has 4 rings (SSSR count). The van der Waals surface area contributed by atoms with E-state index >= 15 is 0 Å². The first-order valence-corrected chi connectivity index (χ1v) is 9.45. The van der Waals surface area contributed by atoms with Crippen LogP contribution in [-0.2, 0) is 11.2 Å². The van der Waals surface area contributed by atoms with Crippen molar-refractivity contribution >= 4 is 17.7 Å². The third-order valence-electron chi connectivity index (χ3n) is 4.81. The maximum absolute atomic E-state index is 12.3. The maximum atomic E-state index is 12.3. The summed E-state index contributed by atoms with van der Waals surface area (Å²) < 4.78 is 1.79. The third-order valence-corrected chi connectivity index (χ3v) is 4.81. The minimum Gasteiger partial charge on any atom is -0.356 e. The van der Waals surface area contributed by atoms with Crippen molar-refractivity contribution in [3.63, 3.8) is 0 Å². The molecule has 3 amide bonds. The number of benzene rings is 2. The van der Waals surface area contributed by atoms with E-state index < -0.39 is 0 Å². The number of rotatable bonds is 7. The van der Waals surface area contributed by atoms with E-state index in [0.717, 1.165) is 16.3 Å². The van der Waals surface area contributed by atoms with E-state index in [4.69, 9.17) is 0 Å². The second kappa shape index (κ2) is 8.10. The van der Waals surface area contributed by atoms with Gasteiger partial charge in [0, 0.05) is 32.1 Å². The van der Waals surface area contributed by atoms with Gasteiger partial charge in [-0.2, -0.15) is 5.10 Å². The normalized spacial score (nSPS) is 12.9. The predicted octanol–water partition coefficient (Wildman–Crippen LogP) is 2.22. The van der Waals surface area contributed by atoms with Crippen molar-refractivity contribution in [1.82, 2.24) is 20.0 Å². The molecule has 7 nitrogen and oxygen atoms in total. The first-order valence-electron chi connectivity index (χ1n) is 9.45. The fraction of sp³-hybridized carbons (Fsp3) is 0.182. The zero-order valence-electron chi connectivity index (χ0n) is 15.7. The van der Waals surface area contributed by atoms with Gasteiger partial charge >= 0.3 is 0 Å². The smallest absolute Gasteiger partial charge is 0.261 e. The number of carbonyl (C=O) groups is 3. The van der Waals surface area contributed by atoms with Gasteiger partial charge in [0.1, 0.15) is 0 Å². The number of fused-ring (bicyclic) bond motifs is 1. The van der Waals surface area contributed by atoms with Crippen molar-refractivity contribution in [2.75, 3.05) is 13.1 Å². The molecule has 2 aromatic carbocycles. The second-order valence-electron chi connectivity index (χ2n) is 6.74. The summed E-state index contributed by atoms with van der Waals surface area (Å²) in [7, 11) is 0. The van der Waals surface area contributed by atoms with E-state index in [2.05, 4.69) is 10.4 Å². The standard InChI is InChI=1S/C22H20N4O3/c27-20(12-14-25-21(28)18-8-4-5-9-19(18)22(25)29)23-13-10-16-11-15-26(24-16)17-6-2-1-3-7-17/h1-9,11,15H,10,12-14H2,(H,23,27). The number of nitrogens with one attached hydrogen (secondary N) is 1. The molecule has 146 valence electrons. The third kappa shape index (κ3) is 3.94. The molecule has 29 heavy (non-hydrogen) atoms. The molecule has 1 aliphatic rings. The Bertz CT molecular complexity index is 1020. The van der Waals surface area contributed by atoms with Gasteiger partial charge < -0.3 is 5.32 Å². The van der Waals surface area contributed by atoms with Gasteiger partial charge in [-0.3, -0.25) is 19.3 Å². The molecule has 0 aliphatic carbocycles. The lowest BCUT2D eigenvalue weighted by Crippen LogP contribution is -2.35. The molecule has 1 aliphatic heterocycles. The van der Waals surface area contributed by atoms with Crippen LogP contribution in [0.15, 0.2) is 66.9 Å². The minimum absolute atomic E-state index is 0.0703. The predicted molar refractivity (Wildman–Crippen MR) is 107 cm³/mol. The second-order valence-corrected chi connectivity index (χ2v) is 6.74. The van der Waals surface area contributed by atoms with Crippen LogP contribution in [-0.4, -0.2) is 45.5 Å². The molecule has 0 saturated carbocycles. The fourth-order valence-electron chi connectivity index (χ4n) is 3.29. The van der Waals surface area contributed by atoms with E-state index in [1.807, 2.05) is 42.6 Å². The molecule has 3 aromatic rings. The topological polar surface area (TPSA) is 84.3 Å². The fourth-order valence-corrected chi connectivity index (χ4v) is 3.29. The van der Waals surface area contributed by atoms with Crippen LogP contribution in [0.3, 0.4) is 0 Å². The van der Waals surface area contributed by atoms with Crippen LogP contribution in [0, 0.1) is 0 Å². The number of para-hydroxylation sites is 1. The highest BCUT2D eigenvalue weighted by Gasteiger charge is 2.34.